The normalized spacial score (nSPS) is 13.9. The highest BCUT2D eigenvalue weighted by Gasteiger charge is 2.19. The van der Waals surface area contributed by atoms with Gasteiger partial charge in [0.1, 0.15) is 13.2 Å². The predicted molar refractivity (Wildman–Crippen MR) is 109 cm³/mol. The van der Waals surface area contributed by atoms with E-state index in [0.29, 0.717) is 19.3 Å². The van der Waals surface area contributed by atoms with E-state index in [9.17, 15) is 23.8 Å². The van der Waals surface area contributed by atoms with Crippen molar-refractivity contribution in [1.29, 1.82) is 0 Å². The van der Waals surface area contributed by atoms with Crippen molar-refractivity contribution in [3.63, 3.8) is 0 Å². The lowest BCUT2D eigenvalue weighted by atomic mass is 10.4. The molecule has 0 radical (unpaired) electrons. The van der Waals surface area contributed by atoms with Crippen LogP contribution in [-0.2, 0) is 46.9 Å². The average Bonchev–Trinajstić information content (AvgIpc) is 2.68. The fourth-order valence-electron chi connectivity index (χ4n) is 1.98. The first kappa shape index (κ1) is 30.4. The Labute approximate surface area is 188 Å². The number of rotatable bonds is 19. The molecule has 0 saturated carbocycles. The molecule has 0 aliphatic carbocycles. The van der Waals surface area contributed by atoms with Crippen LogP contribution < -0.4 is 15.5 Å². The molecule has 13 nitrogen and oxygen atoms in total. The van der Waals surface area contributed by atoms with E-state index in [1.807, 2.05) is 13.8 Å². The summed E-state index contributed by atoms with van der Waals surface area (Å²) in [5.41, 5.74) is 0. The Balaban J connectivity index is 3.90. The summed E-state index contributed by atoms with van der Waals surface area (Å²) >= 11 is 0. The van der Waals surface area contributed by atoms with Gasteiger partial charge in [-0.15, -0.1) is 0 Å². The summed E-state index contributed by atoms with van der Waals surface area (Å²) in [7, 11) is -4.73. The molecule has 0 saturated heterocycles. The first-order valence-corrected chi connectivity index (χ1v) is 11.5. The van der Waals surface area contributed by atoms with Crippen LogP contribution in [0.3, 0.4) is 0 Å². The highest BCUT2D eigenvalue weighted by molar-refractivity contribution is 7.45. The molecule has 0 spiro atoms. The van der Waals surface area contributed by atoms with Crippen molar-refractivity contribution in [2.75, 3.05) is 59.3 Å². The van der Waals surface area contributed by atoms with Crippen LogP contribution in [0.15, 0.2) is 0 Å². The molecule has 1 amide bonds. The lowest BCUT2D eigenvalue weighted by Crippen LogP contribution is -2.32. The smallest absolute Gasteiger partial charge is 0.303 e. The van der Waals surface area contributed by atoms with Crippen molar-refractivity contribution in [3.05, 3.63) is 0 Å². The molecule has 2 N–H and O–H groups in total. The number of amides is 1. The Morgan fingerprint density at radius 3 is 2.22 bits per heavy atom. The van der Waals surface area contributed by atoms with Gasteiger partial charge >= 0.3 is 11.9 Å². The third-order valence-corrected chi connectivity index (χ3v) is 4.27. The van der Waals surface area contributed by atoms with Gasteiger partial charge in [0.15, 0.2) is 6.10 Å². The topological polar surface area (TPSA) is 171 Å². The van der Waals surface area contributed by atoms with E-state index in [0.717, 1.165) is 20.4 Å². The van der Waals surface area contributed by atoms with Crippen LogP contribution in [0.5, 0.6) is 0 Å². The molecule has 0 aromatic carbocycles. The van der Waals surface area contributed by atoms with E-state index in [2.05, 4.69) is 24.4 Å². The Bertz CT molecular complexity index is 603. The maximum Gasteiger partial charge on any atom is 0.303 e. The first-order chi connectivity index (χ1) is 15.0. The summed E-state index contributed by atoms with van der Waals surface area (Å²) in [6, 6.07) is 0.384. The van der Waals surface area contributed by atoms with Crippen LogP contribution in [0.25, 0.3) is 0 Å². The molecule has 32 heavy (non-hydrogen) atoms. The van der Waals surface area contributed by atoms with Crippen molar-refractivity contribution < 1.29 is 51.8 Å². The minimum Gasteiger partial charge on any atom is -0.756 e. The molecule has 0 aliphatic heterocycles. The van der Waals surface area contributed by atoms with Gasteiger partial charge in [-0.25, -0.2) is 0 Å². The van der Waals surface area contributed by atoms with Gasteiger partial charge < -0.3 is 43.5 Å². The molecule has 1 unspecified atom stereocenters. The second kappa shape index (κ2) is 17.9. The molecule has 0 bridgehead atoms. The van der Waals surface area contributed by atoms with Crippen LogP contribution in [0.2, 0.25) is 0 Å². The Kier molecular flexibility index (Phi) is 17.0. The molecular formula is C18H34N2O11P-. The summed E-state index contributed by atoms with van der Waals surface area (Å²) in [6.07, 6.45) is -1.12. The molecule has 0 heterocycles. The molecule has 0 rings (SSSR count). The van der Waals surface area contributed by atoms with E-state index in [4.69, 9.17) is 14.2 Å². The van der Waals surface area contributed by atoms with Gasteiger partial charge in [-0.2, -0.15) is 0 Å². The Morgan fingerprint density at radius 2 is 1.59 bits per heavy atom. The molecular weight excluding hydrogens is 451 g/mol. The zero-order valence-corrected chi connectivity index (χ0v) is 19.9. The maximum atomic E-state index is 11.7. The molecule has 188 valence electrons. The maximum absolute atomic E-state index is 11.7. The third-order valence-electron chi connectivity index (χ3n) is 3.30. The Hall–Kier alpha value is -1.60. The summed E-state index contributed by atoms with van der Waals surface area (Å²) in [5, 5.41) is 5.61. The number of phosphoric acid groups is 1. The summed E-state index contributed by atoms with van der Waals surface area (Å²) in [6.45, 7) is 6.52. The Morgan fingerprint density at radius 1 is 0.906 bits per heavy atom. The van der Waals surface area contributed by atoms with Gasteiger partial charge in [-0.3, -0.25) is 18.9 Å². The van der Waals surface area contributed by atoms with Crippen molar-refractivity contribution in [2.24, 2.45) is 0 Å². The second-order valence-electron chi connectivity index (χ2n) is 6.73. The molecule has 14 heteroatoms. The van der Waals surface area contributed by atoms with Crippen LogP contribution >= 0.6 is 7.82 Å². The summed E-state index contributed by atoms with van der Waals surface area (Å²) in [4.78, 5) is 45.2. The number of ether oxygens (including phenoxy) is 4. The lowest BCUT2D eigenvalue weighted by Gasteiger charge is -2.25. The number of hydrogen-bond donors (Lipinski definition) is 2. The first-order valence-electron chi connectivity index (χ1n) is 10.1. The molecule has 0 aromatic rings. The second-order valence-corrected chi connectivity index (χ2v) is 8.14. The van der Waals surface area contributed by atoms with E-state index in [1.54, 1.807) is 0 Å². The lowest BCUT2D eigenvalue weighted by molar-refractivity contribution is -0.228. The number of carbonyl (C=O) groups is 3. The van der Waals surface area contributed by atoms with Gasteiger partial charge in [0, 0.05) is 33.0 Å². The van der Waals surface area contributed by atoms with Gasteiger partial charge in [-0.1, -0.05) is 13.8 Å². The van der Waals surface area contributed by atoms with Crippen molar-refractivity contribution in [2.45, 2.75) is 39.8 Å². The molecule has 0 fully saturated rings. The minimum atomic E-state index is -4.73. The largest absolute Gasteiger partial charge is 0.756 e. The van der Waals surface area contributed by atoms with E-state index >= 15 is 0 Å². The SMILES string of the molecule is CC(=O)OC[C@H](COP(=O)([O-])OCCNC(=O)COCCOCCNC(C)C)OC(C)=O. The predicted octanol–water partition coefficient (Wildman–Crippen LogP) is -0.870. The number of phosphoric ester groups is 1. The standard InChI is InChI=1S/C18H35N2O11P/c1-14(2)19-5-7-26-9-10-27-13-18(23)20-6-8-29-32(24,25)30-12-17(31-16(4)22)11-28-15(3)21/h14,17,19H,5-13H2,1-4H3,(H,20,23)(H,24,25)/p-1/t17-/m1/s1. The molecule has 0 aromatic heterocycles. The number of esters is 2. The van der Waals surface area contributed by atoms with Crippen LogP contribution in [0.1, 0.15) is 27.7 Å². The van der Waals surface area contributed by atoms with E-state index in [-0.39, 0.29) is 33.0 Å². The van der Waals surface area contributed by atoms with Crippen LogP contribution in [0, 0.1) is 0 Å². The average molecular weight is 485 g/mol. The van der Waals surface area contributed by atoms with E-state index < -0.39 is 38.4 Å². The number of nitrogens with one attached hydrogen (secondary N) is 2. The monoisotopic (exact) mass is 485 g/mol. The summed E-state index contributed by atoms with van der Waals surface area (Å²) < 4.78 is 40.9. The highest BCUT2D eigenvalue weighted by Crippen LogP contribution is 2.38. The summed E-state index contributed by atoms with van der Waals surface area (Å²) in [5.74, 6) is -1.78. The highest BCUT2D eigenvalue weighted by atomic mass is 31.2. The van der Waals surface area contributed by atoms with Gasteiger partial charge in [0.25, 0.3) is 7.82 Å². The third kappa shape index (κ3) is 20.3. The van der Waals surface area contributed by atoms with Crippen LogP contribution in [0.4, 0.5) is 0 Å². The van der Waals surface area contributed by atoms with E-state index in [1.165, 1.54) is 0 Å². The van der Waals surface area contributed by atoms with Crippen LogP contribution in [-0.4, -0.2) is 89.3 Å². The zero-order valence-electron chi connectivity index (χ0n) is 19.0. The van der Waals surface area contributed by atoms with Crippen molar-refractivity contribution in [3.8, 4) is 0 Å². The fraction of sp³-hybridized carbons (Fsp3) is 0.833. The molecule has 0 aliphatic rings. The van der Waals surface area contributed by atoms with Gasteiger partial charge in [0.2, 0.25) is 5.91 Å². The fourth-order valence-corrected chi connectivity index (χ4v) is 2.71. The quantitative estimate of drug-likeness (QED) is 0.132. The minimum absolute atomic E-state index is 0.101. The van der Waals surface area contributed by atoms with Crippen molar-refractivity contribution in [1.82, 2.24) is 10.6 Å². The van der Waals surface area contributed by atoms with Gasteiger partial charge in [-0.05, 0) is 0 Å². The van der Waals surface area contributed by atoms with Crippen molar-refractivity contribution >= 4 is 25.7 Å². The molecule has 2 atom stereocenters. The number of hydrogen-bond acceptors (Lipinski definition) is 12. The number of carbonyl (C=O) groups excluding carboxylic acids is 3. The zero-order chi connectivity index (χ0) is 24.4. The van der Waals surface area contributed by atoms with Gasteiger partial charge in [0.05, 0.1) is 33.0 Å².